The van der Waals surface area contributed by atoms with Gasteiger partial charge in [-0.2, -0.15) is 5.10 Å². The minimum Gasteiger partial charge on any atom is -0.469 e. The molecule has 14 heavy (non-hydrogen) atoms. The molecule has 2 aromatic rings. The van der Waals surface area contributed by atoms with E-state index >= 15 is 0 Å². The highest BCUT2D eigenvalue weighted by Crippen LogP contribution is 2.07. The van der Waals surface area contributed by atoms with Crippen molar-refractivity contribution in [1.29, 1.82) is 0 Å². The van der Waals surface area contributed by atoms with E-state index in [2.05, 4.69) is 16.6 Å². The van der Waals surface area contributed by atoms with Crippen LogP contribution in [-0.2, 0) is 12.8 Å². The lowest BCUT2D eigenvalue weighted by atomic mass is 10.1. The van der Waals surface area contributed by atoms with E-state index in [9.17, 15) is 0 Å². The lowest BCUT2D eigenvalue weighted by Gasteiger charge is -1.95. The Balaban J connectivity index is 1.65. The fraction of sp³-hybridized carbons (Fsp3) is 0.273. The summed E-state index contributed by atoms with van der Waals surface area (Å²) in [5, 5.41) is 6.87. The minimum absolute atomic E-state index is 0.921. The summed E-state index contributed by atoms with van der Waals surface area (Å²) in [7, 11) is 0. The first-order valence-electron chi connectivity index (χ1n) is 4.78. The van der Waals surface area contributed by atoms with Crippen LogP contribution >= 0.6 is 0 Å². The second-order valence-electron chi connectivity index (χ2n) is 3.18. The van der Waals surface area contributed by atoms with Gasteiger partial charge in [-0.25, -0.2) is 0 Å². The molecule has 2 heterocycles. The molecule has 0 aliphatic heterocycles. The summed E-state index contributed by atoms with van der Waals surface area (Å²) < 4.78 is 5.23. The lowest BCUT2D eigenvalue weighted by Crippen LogP contribution is -1.89. The van der Waals surface area contributed by atoms with Crippen molar-refractivity contribution in [2.75, 3.05) is 0 Å². The van der Waals surface area contributed by atoms with Gasteiger partial charge in [-0.15, -0.1) is 0 Å². The Morgan fingerprint density at radius 2 is 2.43 bits per heavy atom. The molecule has 3 nitrogen and oxygen atoms in total. The molecule has 0 amide bonds. The van der Waals surface area contributed by atoms with E-state index in [0.29, 0.717) is 0 Å². The van der Waals surface area contributed by atoms with Gasteiger partial charge in [-0.3, -0.25) is 5.10 Å². The van der Waals surface area contributed by atoms with Crippen LogP contribution in [-0.4, -0.2) is 10.2 Å². The number of unbranched alkanes of at least 4 members (excludes halogenated alkanes) is 1. The van der Waals surface area contributed by atoms with Crippen LogP contribution in [0.4, 0.5) is 0 Å². The van der Waals surface area contributed by atoms with Crippen molar-refractivity contribution in [2.24, 2.45) is 0 Å². The largest absolute Gasteiger partial charge is 0.469 e. The number of nitrogens with zero attached hydrogens (tertiary/aromatic N) is 1. The summed E-state index contributed by atoms with van der Waals surface area (Å²) in [4.78, 5) is 0. The van der Waals surface area contributed by atoms with Crippen molar-refractivity contribution in [3.05, 3.63) is 48.5 Å². The van der Waals surface area contributed by atoms with Crippen molar-refractivity contribution < 1.29 is 4.42 Å². The number of aryl methyl sites for hydroxylation is 1. The van der Waals surface area contributed by atoms with Crippen LogP contribution in [0.2, 0.25) is 0 Å². The highest BCUT2D eigenvalue weighted by Gasteiger charge is 1.98. The Hall–Kier alpha value is -1.51. The van der Waals surface area contributed by atoms with Gasteiger partial charge >= 0.3 is 0 Å². The molecule has 1 radical (unpaired) electrons. The van der Waals surface area contributed by atoms with Gasteiger partial charge in [-0.05, 0) is 37.5 Å². The van der Waals surface area contributed by atoms with Gasteiger partial charge < -0.3 is 4.42 Å². The van der Waals surface area contributed by atoms with Gasteiger partial charge in [0, 0.05) is 12.6 Å². The summed E-state index contributed by atoms with van der Waals surface area (Å²) in [6.45, 7) is 0. The van der Waals surface area contributed by atoms with Crippen LogP contribution < -0.4 is 0 Å². The Morgan fingerprint density at radius 3 is 3.14 bits per heavy atom. The molecule has 0 spiro atoms. The van der Waals surface area contributed by atoms with Crippen molar-refractivity contribution in [3.8, 4) is 0 Å². The Kier molecular flexibility index (Phi) is 3.01. The van der Waals surface area contributed by atoms with Crippen LogP contribution in [0.25, 0.3) is 0 Å². The molecular weight excluding hydrogens is 176 g/mol. The molecule has 0 aliphatic rings. The van der Waals surface area contributed by atoms with E-state index < -0.39 is 0 Å². The number of aromatic nitrogens is 2. The van der Waals surface area contributed by atoms with E-state index in [-0.39, 0.29) is 0 Å². The van der Waals surface area contributed by atoms with Gasteiger partial charge in [0.1, 0.15) is 5.76 Å². The second-order valence-corrected chi connectivity index (χ2v) is 3.18. The molecule has 3 heteroatoms. The normalized spacial score (nSPS) is 10.6. The van der Waals surface area contributed by atoms with Gasteiger partial charge in [0.25, 0.3) is 0 Å². The lowest BCUT2D eigenvalue weighted by molar-refractivity contribution is 0.507. The smallest absolute Gasteiger partial charge is 0.103 e. The van der Waals surface area contributed by atoms with E-state index in [4.69, 9.17) is 4.42 Å². The fourth-order valence-electron chi connectivity index (χ4n) is 1.35. The van der Waals surface area contributed by atoms with Gasteiger partial charge in [0.2, 0.25) is 0 Å². The van der Waals surface area contributed by atoms with Crippen molar-refractivity contribution in [2.45, 2.75) is 19.3 Å². The molecule has 2 rings (SSSR count). The fourth-order valence-corrected chi connectivity index (χ4v) is 1.35. The first kappa shape index (κ1) is 9.06. The minimum atomic E-state index is 0.921. The molecule has 2 aromatic heterocycles. The second kappa shape index (κ2) is 4.65. The summed E-state index contributed by atoms with van der Waals surface area (Å²) in [6.07, 6.45) is 8.69. The van der Waals surface area contributed by atoms with E-state index in [1.807, 2.05) is 24.4 Å². The Labute approximate surface area is 83.1 Å². The maximum Gasteiger partial charge on any atom is 0.103 e. The van der Waals surface area contributed by atoms with Gasteiger partial charge in [-0.1, -0.05) is 0 Å². The summed E-state index contributed by atoms with van der Waals surface area (Å²) in [5.74, 6) is 1.04. The van der Waals surface area contributed by atoms with E-state index in [1.54, 1.807) is 6.26 Å². The molecule has 0 fully saturated rings. The number of furan rings is 1. The molecule has 0 atom stereocenters. The highest BCUT2D eigenvalue weighted by molar-refractivity contribution is 5.03. The zero-order valence-electron chi connectivity index (χ0n) is 7.94. The van der Waals surface area contributed by atoms with E-state index in [0.717, 1.165) is 30.7 Å². The third kappa shape index (κ3) is 2.49. The van der Waals surface area contributed by atoms with Crippen LogP contribution in [0.15, 0.2) is 35.1 Å². The third-order valence-electron chi connectivity index (χ3n) is 2.09. The quantitative estimate of drug-likeness (QED) is 0.734. The zero-order chi connectivity index (χ0) is 9.64. The van der Waals surface area contributed by atoms with Crippen LogP contribution in [0.1, 0.15) is 17.9 Å². The first-order chi connectivity index (χ1) is 6.95. The summed E-state index contributed by atoms with van der Waals surface area (Å²) in [5.41, 5.74) is 1.09. The molecule has 0 aromatic carbocycles. The van der Waals surface area contributed by atoms with Crippen LogP contribution in [0.5, 0.6) is 0 Å². The molecule has 0 aliphatic carbocycles. The zero-order valence-corrected chi connectivity index (χ0v) is 7.94. The SMILES string of the molecule is [CH](CCc1ccco1)Cc1cc[nH]n1. The van der Waals surface area contributed by atoms with Gasteiger partial charge in [0.05, 0.1) is 12.0 Å². The van der Waals surface area contributed by atoms with Crippen molar-refractivity contribution >= 4 is 0 Å². The topological polar surface area (TPSA) is 41.8 Å². The monoisotopic (exact) mass is 189 g/mol. The number of rotatable bonds is 5. The number of aromatic amines is 1. The number of hydrogen-bond donors (Lipinski definition) is 1. The van der Waals surface area contributed by atoms with Gasteiger partial charge in [0.15, 0.2) is 0 Å². The number of nitrogens with one attached hydrogen (secondary N) is 1. The third-order valence-corrected chi connectivity index (χ3v) is 2.09. The standard InChI is InChI=1S/C11H13N2O/c1(4-10-7-8-12-13-10)2-5-11-6-3-9-14-11/h1,3,6-9H,2,4-5H2,(H,12,13). The predicted octanol–water partition coefficient (Wildman–Crippen LogP) is 2.38. The van der Waals surface area contributed by atoms with Crippen molar-refractivity contribution in [3.63, 3.8) is 0 Å². The molecule has 0 saturated heterocycles. The first-order valence-corrected chi connectivity index (χ1v) is 4.78. The average molecular weight is 189 g/mol. The summed E-state index contributed by atoms with van der Waals surface area (Å²) in [6, 6.07) is 5.91. The molecule has 0 bridgehead atoms. The van der Waals surface area contributed by atoms with E-state index in [1.165, 1.54) is 0 Å². The molecular formula is C11H13N2O. The average Bonchev–Trinajstić information content (AvgIpc) is 2.86. The molecule has 0 unspecified atom stereocenters. The number of H-pyrrole nitrogens is 1. The summed E-state index contributed by atoms with van der Waals surface area (Å²) >= 11 is 0. The molecule has 1 N–H and O–H groups in total. The van der Waals surface area contributed by atoms with Crippen LogP contribution in [0.3, 0.4) is 0 Å². The maximum absolute atomic E-state index is 5.23. The Bertz CT molecular complexity index is 301. The highest BCUT2D eigenvalue weighted by atomic mass is 16.3. The molecule has 73 valence electrons. The maximum atomic E-state index is 5.23. The van der Waals surface area contributed by atoms with Crippen molar-refractivity contribution in [1.82, 2.24) is 10.2 Å². The Morgan fingerprint density at radius 1 is 1.43 bits per heavy atom. The molecule has 0 saturated carbocycles. The predicted molar refractivity (Wildman–Crippen MR) is 53.6 cm³/mol. The van der Waals surface area contributed by atoms with Crippen LogP contribution in [0, 0.1) is 6.42 Å². The number of hydrogen-bond acceptors (Lipinski definition) is 2.